The number of carbonyl (C=O) groups excluding carboxylic acids is 1. The van der Waals surface area contributed by atoms with Crippen LogP contribution in [-0.2, 0) is 11.2 Å². The topological polar surface area (TPSA) is 36.1 Å². The predicted molar refractivity (Wildman–Crippen MR) is 79.8 cm³/mol. The Hall–Kier alpha value is -1.91. The van der Waals surface area contributed by atoms with Gasteiger partial charge in [-0.3, -0.25) is 4.79 Å². The third-order valence-electron chi connectivity index (χ3n) is 5.30. The van der Waals surface area contributed by atoms with Crippen molar-refractivity contribution in [3.05, 3.63) is 36.0 Å². The molecule has 0 bridgehead atoms. The number of fused-ring (bicyclic) bond motifs is 1. The van der Waals surface area contributed by atoms with Crippen molar-refractivity contribution in [3.8, 4) is 0 Å². The summed E-state index contributed by atoms with van der Waals surface area (Å²) < 4.78 is 26.7. The molecule has 3 nitrogen and oxygen atoms in total. The molecule has 5 heteroatoms. The SMILES string of the molecule is O=C(Cc1c[nH]c2ccccc12)N1CCC2(CC1)CC2(F)F. The first-order valence-electron chi connectivity index (χ1n) is 7.71. The number of hydrogen-bond acceptors (Lipinski definition) is 1. The minimum absolute atomic E-state index is 0.00444. The highest BCUT2D eigenvalue weighted by Gasteiger charge is 2.70. The largest absolute Gasteiger partial charge is 0.361 e. The Morgan fingerprint density at radius 1 is 1.23 bits per heavy atom. The fourth-order valence-electron chi connectivity index (χ4n) is 3.66. The van der Waals surface area contributed by atoms with Gasteiger partial charge in [-0.1, -0.05) is 18.2 Å². The van der Waals surface area contributed by atoms with Crippen molar-refractivity contribution in [2.75, 3.05) is 13.1 Å². The Balaban J connectivity index is 1.43. The summed E-state index contributed by atoms with van der Waals surface area (Å²) in [6.07, 6.45) is 3.06. The van der Waals surface area contributed by atoms with Gasteiger partial charge in [0.2, 0.25) is 5.91 Å². The molecule has 0 unspecified atom stereocenters. The number of hydrogen-bond donors (Lipinski definition) is 1. The van der Waals surface area contributed by atoms with E-state index in [0.717, 1.165) is 16.5 Å². The molecular formula is C17H18F2N2O. The molecule has 2 aromatic rings. The molecule has 1 saturated heterocycles. The molecule has 0 atom stereocenters. The predicted octanol–water partition coefficient (Wildman–Crippen LogP) is 3.36. The first-order valence-corrected chi connectivity index (χ1v) is 7.71. The van der Waals surface area contributed by atoms with Gasteiger partial charge in [-0.05, 0) is 24.5 Å². The molecule has 1 aliphatic heterocycles. The molecule has 2 aliphatic rings. The molecule has 4 rings (SSSR count). The van der Waals surface area contributed by atoms with Crippen LogP contribution < -0.4 is 0 Å². The van der Waals surface area contributed by atoms with Gasteiger partial charge in [-0.15, -0.1) is 0 Å². The van der Waals surface area contributed by atoms with Gasteiger partial charge in [0, 0.05) is 42.0 Å². The summed E-state index contributed by atoms with van der Waals surface area (Å²) in [5.74, 6) is -2.47. The normalized spacial score (nSPS) is 22.2. The third kappa shape index (κ3) is 2.02. The fraction of sp³-hybridized carbons (Fsp3) is 0.471. The summed E-state index contributed by atoms with van der Waals surface area (Å²) in [4.78, 5) is 17.3. The number of amides is 1. The molecule has 1 spiro atoms. The van der Waals surface area contributed by atoms with Gasteiger partial charge in [-0.25, -0.2) is 8.78 Å². The quantitative estimate of drug-likeness (QED) is 0.907. The Morgan fingerprint density at radius 3 is 2.59 bits per heavy atom. The molecule has 1 aromatic carbocycles. The number of piperidine rings is 1. The number of para-hydroxylation sites is 1. The zero-order valence-corrected chi connectivity index (χ0v) is 12.2. The molecule has 1 aliphatic carbocycles. The number of benzene rings is 1. The average Bonchev–Trinajstić information content (AvgIpc) is 2.84. The van der Waals surface area contributed by atoms with Gasteiger partial charge in [0.15, 0.2) is 0 Å². The number of aromatic nitrogens is 1. The summed E-state index contributed by atoms with van der Waals surface area (Å²) >= 11 is 0. The Kier molecular flexibility index (Phi) is 2.83. The Morgan fingerprint density at radius 2 is 1.91 bits per heavy atom. The highest BCUT2D eigenvalue weighted by molar-refractivity contribution is 5.88. The molecule has 2 heterocycles. The number of alkyl halides is 2. The lowest BCUT2D eigenvalue weighted by Crippen LogP contribution is -2.41. The van der Waals surface area contributed by atoms with Crippen LogP contribution in [0, 0.1) is 5.41 Å². The van der Waals surface area contributed by atoms with Gasteiger partial charge in [0.25, 0.3) is 5.92 Å². The first-order chi connectivity index (χ1) is 10.5. The molecule has 1 aromatic heterocycles. The van der Waals surface area contributed by atoms with Crippen LogP contribution in [0.4, 0.5) is 8.78 Å². The van der Waals surface area contributed by atoms with Crippen molar-refractivity contribution in [1.29, 1.82) is 0 Å². The van der Waals surface area contributed by atoms with E-state index in [9.17, 15) is 13.6 Å². The van der Waals surface area contributed by atoms with Crippen molar-refractivity contribution in [2.24, 2.45) is 5.41 Å². The van der Waals surface area contributed by atoms with Gasteiger partial charge in [0.1, 0.15) is 0 Å². The average molecular weight is 304 g/mol. The minimum atomic E-state index is -2.50. The first kappa shape index (κ1) is 13.7. The van der Waals surface area contributed by atoms with Crippen molar-refractivity contribution in [3.63, 3.8) is 0 Å². The van der Waals surface area contributed by atoms with Crippen LogP contribution >= 0.6 is 0 Å². The van der Waals surface area contributed by atoms with E-state index in [2.05, 4.69) is 4.98 Å². The summed E-state index contributed by atoms with van der Waals surface area (Å²) in [7, 11) is 0. The van der Waals surface area contributed by atoms with Gasteiger partial charge < -0.3 is 9.88 Å². The molecule has 2 fully saturated rings. The van der Waals surface area contributed by atoms with Crippen molar-refractivity contribution in [2.45, 2.75) is 31.6 Å². The van der Waals surface area contributed by atoms with Crippen molar-refractivity contribution in [1.82, 2.24) is 9.88 Å². The highest BCUT2D eigenvalue weighted by atomic mass is 19.3. The second kappa shape index (κ2) is 4.54. The number of aromatic amines is 1. The number of halogens is 2. The minimum Gasteiger partial charge on any atom is -0.361 e. The maximum absolute atomic E-state index is 13.4. The van der Waals surface area contributed by atoms with Crippen LogP contribution in [0.2, 0.25) is 0 Å². The molecular weight excluding hydrogens is 286 g/mol. The maximum atomic E-state index is 13.4. The monoisotopic (exact) mass is 304 g/mol. The third-order valence-corrected chi connectivity index (χ3v) is 5.30. The van der Waals surface area contributed by atoms with Crippen LogP contribution in [0.25, 0.3) is 10.9 Å². The Bertz CT molecular complexity index is 729. The molecule has 22 heavy (non-hydrogen) atoms. The van der Waals surface area contributed by atoms with E-state index < -0.39 is 11.3 Å². The fourth-order valence-corrected chi connectivity index (χ4v) is 3.66. The number of nitrogens with one attached hydrogen (secondary N) is 1. The molecule has 1 N–H and O–H groups in total. The van der Waals surface area contributed by atoms with E-state index in [1.54, 1.807) is 4.90 Å². The van der Waals surface area contributed by atoms with E-state index in [1.807, 2.05) is 30.5 Å². The number of nitrogens with zero attached hydrogens (tertiary/aromatic N) is 1. The standard InChI is InChI=1S/C17H18F2N2O/c18-17(19)11-16(17)5-7-21(8-6-16)15(22)9-12-10-20-14-4-2-1-3-13(12)14/h1-4,10,20H,5-9,11H2. The van der Waals surface area contributed by atoms with Gasteiger partial charge in [-0.2, -0.15) is 0 Å². The molecule has 1 saturated carbocycles. The second-order valence-corrected chi connectivity index (χ2v) is 6.58. The number of rotatable bonds is 2. The lowest BCUT2D eigenvalue weighted by atomic mass is 9.92. The van der Waals surface area contributed by atoms with Gasteiger partial charge in [0.05, 0.1) is 6.42 Å². The number of H-pyrrole nitrogens is 1. The van der Waals surface area contributed by atoms with E-state index in [1.165, 1.54) is 0 Å². The summed E-state index contributed by atoms with van der Waals surface area (Å²) in [6.45, 7) is 0.910. The molecule has 0 radical (unpaired) electrons. The zero-order chi connectivity index (χ0) is 15.4. The van der Waals surface area contributed by atoms with Crippen molar-refractivity contribution < 1.29 is 13.6 Å². The summed E-state index contributed by atoms with van der Waals surface area (Å²) in [5, 5.41) is 1.05. The summed E-state index contributed by atoms with van der Waals surface area (Å²) in [5.41, 5.74) is 1.18. The summed E-state index contributed by atoms with van der Waals surface area (Å²) in [6, 6.07) is 7.86. The van der Waals surface area contributed by atoms with Crippen LogP contribution in [0.5, 0.6) is 0 Å². The molecule has 116 valence electrons. The van der Waals surface area contributed by atoms with Crippen LogP contribution in [0.3, 0.4) is 0 Å². The second-order valence-electron chi connectivity index (χ2n) is 6.58. The van der Waals surface area contributed by atoms with E-state index in [-0.39, 0.29) is 12.3 Å². The molecule has 1 amide bonds. The van der Waals surface area contributed by atoms with E-state index in [0.29, 0.717) is 32.4 Å². The van der Waals surface area contributed by atoms with Crippen LogP contribution in [-0.4, -0.2) is 34.8 Å². The Labute approximate surface area is 127 Å². The van der Waals surface area contributed by atoms with Crippen LogP contribution in [0.15, 0.2) is 30.5 Å². The van der Waals surface area contributed by atoms with Crippen LogP contribution in [0.1, 0.15) is 24.8 Å². The van der Waals surface area contributed by atoms with E-state index >= 15 is 0 Å². The number of likely N-dealkylation sites (tertiary alicyclic amines) is 1. The smallest absolute Gasteiger partial charge is 0.254 e. The van der Waals surface area contributed by atoms with Gasteiger partial charge >= 0.3 is 0 Å². The van der Waals surface area contributed by atoms with Crippen molar-refractivity contribution >= 4 is 16.8 Å². The lowest BCUT2D eigenvalue weighted by molar-refractivity contribution is -0.132. The number of carbonyl (C=O) groups is 1. The lowest BCUT2D eigenvalue weighted by Gasteiger charge is -2.32. The maximum Gasteiger partial charge on any atom is 0.254 e. The van der Waals surface area contributed by atoms with E-state index in [4.69, 9.17) is 0 Å². The zero-order valence-electron chi connectivity index (χ0n) is 12.2. The highest BCUT2D eigenvalue weighted by Crippen LogP contribution is 2.65.